The Bertz CT molecular complexity index is 541. The lowest BCUT2D eigenvalue weighted by atomic mass is 9.75. The first-order valence-corrected chi connectivity index (χ1v) is 7.81. The van der Waals surface area contributed by atoms with Crippen molar-refractivity contribution in [3.8, 4) is 0 Å². The predicted octanol–water partition coefficient (Wildman–Crippen LogP) is 3.01. The summed E-state index contributed by atoms with van der Waals surface area (Å²) in [5.74, 6) is 0.254. The molecule has 2 fully saturated rings. The normalized spacial score (nSPS) is 27.5. The number of carbonyl (C=O) groups excluding carboxylic acids is 1. The molecule has 0 bridgehead atoms. The third kappa shape index (κ3) is 2.82. The summed E-state index contributed by atoms with van der Waals surface area (Å²) < 4.78 is 14.1. The van der Waals surface area contributed by atoms with Crippen molar-refractivity contribution < 1.29 is 9.18 Å². The number of nitrogens with zero attached hydrogens (tertiary/aromatic N) is 1. The van der Waals surface area contributed by atoms with Gasteiger partial charge in [0.1, 0.15) is 5.82 Å². The average Bonchev–Trinajstić information content (AvgIpc) is 2.79. The van der Waals surface area contributed by atoms with Crippen LogP contribution in [0.1, 0.15) is 50.6 Å². The first-order chi connectivity index (χ1) is 9.98. The second-order valence-corrected chi connectivity index (χ2v) is 6.82. The molecule has 1 saturated heterocycles. The number of hydrogen-bond acceptors (Lipinski definition) is 2. The molecule has 4 heteroatoms. The van der Waals surface area contributed by atoms with E-state index in [1.165, 1.54) is 6.07 Å². The SMILES string of the molecule is CC1CC(c2ccccc2F)N(C(=O)CC2(N)CCC2)C1. The van der Waals surface area contributed by atoms with Gasteiger partial charge < -0.3 is 10.6 Å². The number of halogens is 1. The molecule has 2 aliphatic rings. The van der Waals surface area contributed by atoms with Crippen LogP contribution < -0.4 is 5.73 Å². The molecular weight excluding hydrogens is 267 g/mol. The summed E-state index contributed by atoms with van der Waals surface area (Å²) >= 11 is 0. The number of nitrogens with two attached hydrogens (primary N) is 1. The summed E-state index contributed by atoms with van der Waals surface area (Å²) in [5.41, 5.74) is 6.52. The fourth-order valence-corrected chi connectivity index (χ4v) is 3.57. The molecule has 1 aliphatic carbocycles. The predicted molar refractivity (Wildman–Crippen MR) is 80.0 cm³/mol. The minimum absolute atomic E-state index is 0.0785. The third-order valence-electron chi connectivity index (χ3n) is 4.95. The minimum atomic E-state index is -0.317. The molecule has 21 heavy (non-hydrogen) atoms. The number of likely N-dealkylation sites (tertiary alicyclic amines) is 1. The van der Waals surface area contributed by atoms with Crippen molar-refractivity contribution in [2.75, 3.05) is 6.54 Å². The number of hydrogen-bond donors (Lipinski definition) is 1. The van der Waals surface area contributed by atoms with Gasteiger partial charge in [0, 0.05) is 24.1 Å². The van der Waals surface area contributed by atoms with Crippen molar-refractivity contribution in [1.29, 1.82) is 0 Å². The Labute approximate surface area is 125 Å². The number of carbonyl (C=O) groups is 1. The topological polar surface area (TPSA) is 46.3 Å². The molecule has 1 aromatic rings. The van der Waals surface area contributed by atoms with Crippen LogP contribution in [0.15, 0.2) is 24.3 Å². The van der Waals surface area contributed by atoms with Gasteiger partial charge in [-0.3, -0.25) is 4.79 Å². The lowest BCUT2D eigenvalue weighted by Crippen LogP contribution is -2.50. The van der Waals surface area contributed by atoms with Crippen molar-refractivity contribution in [1.82, 2.24) is 4.90 Å². The van der Waals surface area contributed by atoms with Gasteiger partial charge in [-0.15, -0.1) is 0 Å². The number of rotatable bonds is 3. The highest BCUT2D eigenvalue weighted by Crippen LogP contribution is 2.39. The van der Waals surface area contributed by atoms with E-state index in [1.54, 1.807) is 12.1 Å². The first-order valence-electron chi connectivity index (χ1n) is 7.81. The molecule has 3 rings (SSSR count). The van der Waals surface area contributed by atoms with E-state index in [9.17, 15) is 9.18 Å². The summed E-state index contributed by atoms with van der Waals surface area (Å²) in [6.45, 7) is 2.82. The van der Waals surface area contributed by atoms with Crippen LogP contribution in [0.25, 0.3) is 0 Å². The van der Waals surface area contributed by atoms with E-state index in [0.29, 0.717) is 24.4 Å². The third-order valence-corrected chi connectivity index (χ3v) is 4.95. The van der Waals surface area contributed by atoms with Crippen LogP contribution in [0.5, 0.6) is 0 Å². The molecule has 0 aromatic heterocycles. The van der Waals surface area contributed by atoms with Crippen molar-refractivity contribution in [3.63, 3.8) is 0 Å². The Morgan fingerprint density at radius 3 is 2.76 bits per heavy atom. The van der Waals surface area contributed by atoms with Crippen molar-refractivity contribution in [3.05, 3.63) is 35.6 Å². The van der Waals surface area contributed by atoms with Gasteiger partial charge >= 0.3 is 0 Å². The fraction of sp³-hybridized carbons (Fsp3) is 0.588. The van der Waals surface area contributed by atoms with E-state index in [-0.39, 0.29) is 23.3 Å². The van der Waals surface area contributed by atoms with Gasteiger partial charge in [0.15, 0.2) is 0 Å². The van der Waals surface area contributed by atoms with Gasteiger partial charge in [-0.05, 0) is 37.7 Å². The Morgan fingerprint density at radius 1 is 1.43 bits per heavy atom. The number of amides is 1. The van der Waals surface area contributed by atoms with E-state index < -0.39 is 0 Å². The van der Waals surface area contributed by atoms with Crippen molar-refractivity contribution in [2.45, 2.75) is 50.6 Å². The Kier molecular flexibility index (Phi) is 3.74. The van der Waals surface area contributed by atoms with Gasteiger partial charge in [-0.25, -0.2) is 4.39 Å². The highest BCUT2D eigenvalue weighted by atomic mass is 19.1. The fourth-order valence-electron chi connectivity index (χ4n) is 3.57. The standard InChI is InChI=1S/C17H23FN2O/c1-12-9-15(13-5-2-3-6-14(13)18)20(11-12)16(21)10-17(19)7-4-8-17/h2-3,5-6,12,15H,4,7-11,19H2,1H3. The maximum absolute atomic E-state index is 14.1. The van der Waals surface area contributed by atoms with Crippen molar-refractivity contribution >= 4 is 5.91 Å². The molecule has 1 aromatic carbocycles. The van der Waals surface area contributed by atoms with E-state index >= 15 is 0 Å². The second-order valence-electron chi connectivity index (χ2n) is 6.82. The summed E-state index contributed by atoms with van der Waals surface area (Å²) in [6, 6.07) is 6.64. The maximum Gasteiger partial charge on any atom is 0.224 e. The molecular formula is C17H23FN2O. The van der Waals surface area contributed by atoms with E-state index in [4.69, 9.17) is 5.73 Å². The molecule has 2 N–H and O–H groups in total. The van der Waals surface area contributed by atoms with E-state index in [0.717, 1.165) is 25.7 Å². The van der Waals surface area contributed by atoms with Gasteiger partial charge in [0.25, 0.3) is 0 Å². The quantitative estimate of drug-likeness (QED) is 0.930. The van der Waals surface area contributed by atoms with Gasteiger partial charge in [-0.1, -0.05) is 25.1 Å². The molecule has 0 spiro atoms. The average molecular weight is 290 g/mol. The molecule has 114 valence electrons. The van der Waals surface area contributed by atoms with Crippen LogP contribution in [-0.4, -0.2) is 22.9 Å². The van der Waals surface area contributed by atoms with Gasteiger partial charge in [0.05, 0.1) is 6.04 Å². The van der Waals surface area contributed by atoms with Crippen LogP contribution in [0.2, 0.25) is 0 Å². The molecule has 2 unspecified atom stereocenters. The Morgan fingerprint density at radius 2 is 2.14 bits per heavy atom. The smallest absolute Gasteiger partial charge is 0.224 e. The zero-order chi connectivity index (χ0) is 15.0. The molecule has 2 atom stereocenters. The summed E-state index contributed by atoms with van der Waals surface area (Å²) in [5, 5.41) is 0. The van der Waals surface area contributed by atoms with Crippen LogP contribution in [0, 0.1) is 11.7 Å². The summed E-state index contributed by atoms with van der Waals surface area (Å²) in [7, 11) is 0. The lowest BCUT2D eigenvalue weighted by molar-refractivity contribution is -0.134. The molecule has 1 amide bonds. The second kappa shape index (κ2) is 5.41. The van der Waals surface area contributed by atoms with Crippen molar-refractivity contribution in [2.24, 2.45) is 11.7 Å². The summed E-state index contributed by atoms with van der Waals surface area (Å²) in [6.07, 6.45) is 4.17. The van der Waals surface area contributed by atoms with Crippen LogP contribution in [0.4, 0.5) is 4.39 Å². The zero-order valence-electron chi connectivity index (χ0n) is 12.5. The van der Waals surface area contributed by atoms with Crippen LogP contribution in [0.3, 0.4) is 0 Å². The van der Waals surface area contributed by atoms with E-state index in [1.807, 2.05) is 11.0 Å². The van der Waals surface area contributed by atoms with Gasteiger partial charge in [-0.2, -0.15) is 0 Å². The largest absolute Gasteiger partial charge is 0.335 e. The highest BCUT2D eigenvalue weighted by Gasteiger charge is 2.40. The summed E-state index contributed by atoms with van der Waals surface area (Å²) in [4.78, 5) is 14.5. The van der Waals surface area contributed by atoms with Crippen LogP contribution >= 0.6 is 0 Å². The number of benzene rings is 1. The zero-order valence-corrected chi connectivity index (χ0v) is 12.5. The lowest BCUT2D eigenvalue weighted by Gasteiger charge is -2.39. The maximum atomic E-state index is 14.1. The first kappa shape index (κ1) is 14.5. The van der Waals surface area contributed by atoms with E-state index in [2.05, 4.69) is 6.92 Å². The molecule has 0 radical (unpaired) electrons. The van der Waals surface area contributed by atoms with Crippen LogP contribution in [-0.2, 0) is 4.79 Å². The monoisotopic (exact) mass is 290 g/mol. The molecule has 1 heterocycles. The highest BCUT2D eigenvalue weighted by molar-refractivity contribution is 5.78. The van der Waals surface area contributed by atoms with Gasteiger partial charge in [0.2, 0.25) is 5.91 Å². The Hall–Kier alpha value is -1.42. The molecule has 3 nitrogen and oxygen atoms in total. The molecule has 1 aliphatic heterocycles. The Balaban J connectivity index is 1.79. The molecule has 1 saturated carbocycles. The minimum Gasteiger partial charge on any atom is -0.335 e.